The van der Waals surface area contributed by atoms with E-state index in [1.165, 1.54) is 23.3 Å². The van der Waals surface area contributed by atoms with E-state index >= 15 is 0 Å². The highest BCUT2D eigenvalue weighted by atomic mass is 32.1. The molecule has 8 nitrogen and oxygen atoms in total. The number of methoxy groups -OCH3 is 1. The monoisotopic (exact) mass is 459 g/mol. The van der Waals surface area contributed by atoms with Gasteiger partial charge in [0.05, 0.1) is 36.3 Å². The first-order valence-electron chi connectivity index (χ1n) is 10.8. The first kappa shape index (κ1) is 22.5. The van der Waals surface area contributed by atoms with Gasteiger partial charge in [-0.15, -0.1) is 11.3 Å². The molecular formula is C23H29N3O5S. The third kappa shape index (κ3) is 4.59. The van der Waals surface area contributed by atoms with Gasteiger partial charge in [-0.2, -0.15) is 0 Å². The van der Waals surface area contributed by atoms with Crippen LogP contribution in [0.25, 0.3) is 10.6 Å². The van der Waals surface area contributed by atoms with Crippen LogP contribution in [0.5, 0.6) is 0 Å². The van der Waals surface area contributed by atoms with E-state index in [9.17, 15) is 14.7 Å². The van der Waals surface area contributed by atoms with Crippen LogP contribution in [0.1, 0.15) is 60.6 Å². The van der Waals surface area contributed by atoms with Crippen molar-refractivity contribution in [1.82, 2.24) is 9.88 Å². The first-order valence-corrected chi connectivity index (χ1v) is 11.6. The summed E-state index contributed by atoms with van der Waals surface area (Å²) in [6.07, 6.45) is 0.936. The number of carbonyl (C=O) groups is 2. The molecule has 3 heterocycles. The van der Waals surface area contributed by atoms with Gasteiger partial charge in [-0.1, -0.05) is 0 Å². The second-order valence-corrected chi connectivity index (χ2v) is 10.2. The number of hydrogen-bond donors (Lipinski definition) is 1. The van der Waals surface area contributed by atoms with Gasteiger partial charge < -0.3 is 19.5 Å². The van der Waals surface area contributed by atoms with Crippen molar-refractivity contribution in [2.45, 2.75) is 51.9 Å². The van der Waals surface area contributed by atoms with E-state index in [-0.39, 0.29) is 13.1 Å². The third-order valence-corrected chi connectivity index (χ3v) is 6.76. The largest absolute Gasteiger partial charge is 0.465 e. The summed E-state index contributed by atoms with van der Waals surface area (Å²) in [5.41, 5.74) is 2.09. The van der Waals surface area contributed by atoms with E-state index in [2.05, 4.69) is 4.90 Å². The minimum absolute atomic E-state index is 0.140. The highest BCUT2D eigenvalue weighted by molar-refractivity contribution is 7.15. The van der Waals surface area contributed by atoms with Crippen molar-refractivity contribution < 1.29 is 24.2 Å². The lowest BCUT2D eigenvalue weighted by molar-refractivity contribution is 0.00844. The molecule has 1 saturated heterocycles. The number of carbonyl (C=O) groups excluding carboxylic acids is 2. The molecule has 0 spiro atoms. The average molecular weight is 460 g/mol. The Bertz CT molecular complexity index is 1020. The molecule has 4 rings (SSSR count). The molecule has 1 fully saturated rings. The number of fused-ring (bicyclic) bond motifs is 1. The zero-order valence-corrected chi connectivity index (χ0v) is 19.7. The number of anilines is 1. The predicted octanol–water partition coefficient (Wildman–Crippen LogP) is 3.98. The van der Waals surface area contributed by atoms with Gasteiger partial charge in [0.1, 0.15) is 16.7 Å². The highest BCUT2D eigenvalue weighted by Gasteiger charge is 2.33. The van der Waals surface area contributed by atoms with Gasteiger partial charge in [-0.05, 0) is 51.8 Å². The Morgan fingerprint density at radius 2 is 1.94 bits per heavy atom. The summed E-state index contributed by atoms with van der Waals surface area (Å²) in [5, 5.41) is 11.3. The van der Waals surface area contributed by atoms with Crippen LogP contribution in [0.15, 0.2) is 18.2 Å². The topological polar surface area (TPSA) is 92.2 Å². The molecule has 1 aromatic carbocycles. The smallest absolute Gasteiger partial charge is 0.410 e. The van der Waals surface area contributed by atoms with Crippen molar-refractivity contribution in [3.05, 3.63) is 34.3 Å². The second-order valence-electron chi connectivity index (χ2n) is 9.12. The number of aliphatic hydroxyl groups excluding tert-OH is 1. The van der Waals surface area contributed by atoms with E-state index in [0.29, 0.717) is 26.7 Å². The van der Waals surface area contributed by atoms with E-state index in [1.54, 1.807) is 20.8 Å². The molecule has 1 atom stereocenters. The van der Waals surface area contributed by atoms with Crippen LogP contribution in [0.3, 0.4) is 0 Å². The molecule has 1 unspecified atom stereocenters. The fraction of sp³-hybridized carbons (Fsp3) is 0.522. The Morgan fingerprint density at radius 1 is 1.22 bits per heavy atom. The van der Waals surface area contributed by atoms with Crippen LogP contribution in [-0.4, -0.2) is 59.4 Å². The zero-order valence-electron chi connectivity index (χ0n) is 18.9. The molecule has 172 valence electrons. The molecule has 0 bridgehead atoms. The molecule has 2 aromatic rings. The highest BCUT2D eigenvalue weighted by Crippen LogP contribution is 2.39. The third-order valence-electron chi connectivity index (χ3n) is 5.53. The van der Waals surface area contributed by atoms with E-state index in [4.69, 9.17) is 14.5 Å². The van der Waals surface area contributed by atoms with Crippen LogP contribution >= 0.6 is 11.3 Å². The zero-order chi connectivity index (χ0) is 23.0. The van der Waals surface area contributed by atoms with Crippen LogP contribution in [0, 0.1) is 0 Å². The maximum atomic E-state index is 12.6. The van der Waals surface area contributed by atoms with Gasteiger partial charge in [-0.3, -0.25) is 4.90 Å². The van der Waals surface area contributed by atoms with Gasteiger partial charge in [0.2, 0.25) is 0 Å². The number of esters is 1. The molecule has 1 amide bonds. The first-order chi connectivity index (χ1) is 15.2. The fourth-order valence-electron chi connectivity index (χ4n) is 4.02. The number of rotatable bonds is 3. The number of β-amino-alcohol motifs (C(OH)–C–C–N with tert-alkyl or cyclic N) is 1. The van der Waals surface area contributed by atoms with Gasteiger partial charge in [-0.25, -0.2) is 14.6 Å². The van der Waals surface area contributed by atoms with Crippen LogP contribution < -0.4 is 4.90 Å². The molecule has 0 saturated carbocycles. The van der Waals surface area contributed by atoms with E-state index in [0.717, 1.165) is 31.6 Å². The molecule has 2 aliphatic heterocycles. The average Bonchev–Trinajstić information content (AvgIpc) is 3.41. The lowest BCUT2D eigenvalue weighted by Gasteiger charge is -2.31. The Hall–Kier alpha value is -2.65. The molecule has 1 aromatic heterocycles. The lowest BCUT2D eigenvalue weighted by Crippen LogP contribution is -2.41. The maximum absolute atomic E-state index is 12.6. The molecule has 32 heavy (non-hydrogen) atoms. The summed E-state index contributed by atoms with van der Waals surface area (Å²) in [6.45, 7) is 7.74. The summed E-state index contributed by atoms with van der Waals surface area (Å²) in [4.78, 5) is 34.2. The molecule has 0 aliphatic carbocycles. The van der Waals surface area contributed by atoms with Crippen molar-refractivity contribution in [2.24, 2.45) is 0 Å². The summed E-state index contributed by atoms with van der Waals surface area (Å²) in [6, 6.07) is 5.75. The number of hydrogen-bond acceptors (Lipinski definition) is 8. The number of benzene rings is 1. The number of aliphatic hydroxyl groups is 1. The Balaban J connectivity index is 1.65. The van der Waals surface area contributed by atoms with Gasteiger partial charge in [0.25, 0.3) is 0 Å². The summed E-state index contributed by atoms with van der Waals surface area (Å²) >= 11 is 1.34. The van der Waals surface area contributed by atoms with Crippen molar-refractivity contribution in [1.29, 1.82) is 0 Å². The van der Waals surface area contributed by atoms with Gasteiger partial charge in [0, 0.05) is 24.3 Å². The molecular weight excluding hydrogens is 430 g/mol. The SMILES string of the molecule is COC(=O)c1cc(N2CCCC2)ccc1-c1nc2c(s1)C(O)CN(C(=O)OC(C)(C)C)C2. The minimum atomic E-state index is -0.858. The van der Waals surface area contributed by atoms with Gasteiger partial charge >= 0.3 is 12.1 Å². The predicted molar refractivity (Wildman–Crippen MR) is 122 cm³/mol. The second kappa shape index (κ2) is 8.71. The molecule has 1 N–H and O–H groups in total. The fourth-order valence-corrected chi connectivity index (χ4v) is 5.12. The Labute approximate surface area is 191 Å². The maximum Gasteiger partial charge on any atom is 0.410 e. The summed E-state index contributed by atoms with van der Waals surface area (Å²) in [5.74, 6) is -0.426. The van der Waals surface area contributed by atoms with E-state index < -0.39 is 23.8 Å². The van der Waals surface area contributed by atoms with Gasteiger partial charge in [0.15, 0.2) is 0 Å². The number of aromatic nitrogens is 1. The van der Waals surface area contributed by atoms with Crippen molar-refractivity contribution in [3.63, 3.8) is 0 Å². The Kier molecular flexibility index (Phi) is 6.13. The number of amides is 1. The molecule has 9 heteroatoms. The summed E-state index contributed by atoms with van der Waals surface area (Å²) in [7, 11) is 1.37. The quantitative estimate of drug-likeness (QED) is 0.694. The van der Waals surface area contributed by atoms with Crippen molar-refractivity contribution in [2.75, 3.05) is 31.6 Å². The molecule has 2 aliphatic rings. The lowest BCUT2D eigenvalue weighted by atomic mass is 10.1. The van der Waals surface area contributed by atoms with E-state index in [1.807, 2.05) is 18.2 Å². The minimum Gasteiger partial charge on any atom is -0.465 e. The van der Waals surface area contributed by atoms with Crippen LogP contribution in [-0.2, 0) is 16.0 Å². The standard InChI is InChI=1S/C23H29N3O5S/c1-23(2,3)31-22(29)26-12-17-19(18(27)13-26)32-20(24-17)15-8-7-14(25-9-5-6-10-25)11-16(15)21(28)30-4/h7-8,11,18,27H,5-6,9-10,12-13H2,1-4H3. The Morgan fingerprint density at radius 3 is 2.59 bits per heavy atom. The number of ether oxygens (including phenoxy) is 2. The number of nitrogens with zero attached hydrogens (tertiary/aromatic N) is 3. The normalized spacial score (nSPS) is 18.5. The number of thiazole rings is 1. The van der Waals surface area contributed by atoms with Crippen LogP contribution in [0.2, 0.25) is 0 Å². The summed E-state index contributed by atoms with van der Waals surface area (Å²) < 4.78 is 10.5. The van der Waals surface area contributed by atoms with Crippen molar-refractivity contribution >= 4 is 29.1 Å². The van der Waals surface area contributed by atoms with Crippen molar-refractivity contribution in [3.8, 4) is 10.6 Å². The molecule has 0 radical (unpaired) electrons. The van der Waals surface area contributed by atoms with Crippen LogP contribution in [0.4, 0.5) is 10.5 Å².